The Balaban J connectivity index is 0.000000184. The number of halogens is 5. The van der Waals surface area contributed by atoms with E-state index in [9.17, 15) is 23.3 Å². The molecule has 105 heavy (non-hydrogen) atoms. The maximum absolute atomic E-state index is 10.2. The Kier molecular flexibility index (Phi) is 12.3. The Hall–Kier alpha value is -6.62. The molecule has 0 amide bonds. The van der Waals surface area contributed by atoms with E-state index in [-0.39, 0.29) is 229 Å². The van der Waals surface area contributed by atoms with Gasteiger partial charge in [0.25, 0.3) is 6.71 Å². The van der Waals surface area contributed by atoms with Crippen molar-refractivity contribution in [2.24, 2.45) is 21.7 Å². The van der Waals surface area contributed by atoms with E-state index in [1.165, 1.54) is 32.9 Å². The van der Waals surface area contributed by atoms with Crippen LogP contribution >= 0.6 is 90.3 Å². The second-order valence-electron chi connectivity index (χ2n) is 33.5. The molecule has 0 saturated heterocycles. The van der Waals surface area contributed by atoms with Crippen LogP contribution in [0.2, 0.25) is 10.0 Å². The second-order valence-corrected chi connectivity index (χ2v) is 45.3. The van der Waals surface area contributed by atoms with Gasteiger partial charge in [0.2, 0.25) is 11.8 Å². The summed E-state index contributed by atoms with van der Waals surface area (Å²) in [6, 6.07) is 3.45. The first-order valence-electron chi connectivity index (χ1n) is 48.1. The number of para-hydroxylation sites is 2. The third-order valence-corrected chi connectivity index (χ3v) is 20.7. The highest BCUT2D eigenvalue weighted by atomic mass is 127. The quantitative estimate of drug-likeness (QED) is 0.112. The van der Waals surface area contributed by atoms with E-state index in [4.69, 9.17) is 44.4 Å². The van der Waals surface area contributed by atoms with Gasteiger partial charge in [-0.15, -0.1) is 67.1 Å². The number of benzene rings is 10. The third-order valence-electron chi connectivity index (χ3n) is 20.2. The molecule has 18 rings (SSSR count). The van der Waals surface area contributed by atoms with E-state index in [0.717, 1.165) is 5.85 Å². The zero-order valence-electron chi connectivity index (χ0n) is 86.8. The molecule has 13 heteroatoms. The van der Waals surface area contributed by atoms with E-state index in [2.05, 4.69) is 109 Å². The number of rotatable bonds is 8. The molecule has 0 bridgehead atoms. The predicted molar refractivity (Wildman–Crippen MR) is 476 cm³/mol. The average Bonchev–Trinajstić information content (AvgIpc) is 1.63. The summed E-state index contributed by atoms with van der Waals surface area (Å²) in [5.74, 6) is -0.315. The lowest BCUT2D eigenvalue weighted by atomic mass is 9.33. The lowest BCUT2D eigenvalue weighted by Crippen LogP contribution is -2.61. The smallest absolute Gasteiger partial charge is 0.355 e. The molecule has 0 fully saturated rings. The lowest BCUT2D eigenvalue weighted by Gasteiger charge is -2.43. The van der Waals surface area contributed by atoms with Crippen LogP contribution in [0.25, 0.3) is 21.9 Å². The number of hydrogen-bond acceptors (Lipinski definition) is 6. The van der Waals surface area contributed by atoms with Gasteiger partial charge in [-0.05, 0) is 259 Å². The number of fused-ring (bicyclic) bond motifs is 11. The first-order chi connectivity index (χ1) is 60.6. The highest BCUT2D eigenvalue weighted by molar-refractivity contribution is 14.4. The number of nitrogens with zero attached hydrogens (tertiary/aromatic N) is 4. The predicted octanol–water partition coefficient (Wildman–Crippen LogP) is 26.6. The van der Waals surface area contributed by atoms with Crippen molar-refractivity contribution in [2.45, 2.75) is 159 Å². The zero-order chi connectivity index (χ0) is 96.4. The first kappa shape index (κ1) is 48.0. The molecule has 0 spiro atoms. The number of furan rings is 2. The standard InChI is InChI=1S/C46H44BClN2O.C46H47ClN2O.BI3/c1-44(2,3)31-13-16-33(17-14-31)50-39-22-32(48)21-38-42(39)47(41-35-10-8-9-11-40(35)51-43(41)50)36-19-29-25-46(6,7)26-30(29)20-37(36)49(38)34-15-12-27-23-45(4,5)24-28(27)18-34;1-44(2,3)35-14-18-37(19-15-35)49(43-22-30-10-8-9-11-42(30)50-43)41-24-36(47)23-40(25-41)48(38-16-12-31-26-45(4,5)28-33(31)20-38)39-17-13-32-27-46(6,7)29-34(32)21-39;2-1(3)4/h8-22H,23-26H2,1-7H3;8-25H,26-29H2,1-7H3;/i8D,9D,10D,11D,12D,13D,14D,15D,16D,17D,18D,19D,20D;8D,9D,10D,11D,12D,13D,14D,15D,16D,18D,19D,20D,21D;. The summed E-state index contributed by atoms with van der Waals surface area (Å²) in [7, 11) is 0. The van der Waals surface area contributed by atoms with E-state index < -0.39 is 90.1 Å². The van der Waals surface area contributed by atoms with E-state index in [1.807, 2.05) is 13.8 Å². The summed E-state index contributed by atoms with van der Waals surface area (Å²) in [6.07, 6.45) is 3.94. The molecular weight excluding hydrogens is 1670 g/mol. The minimum absolute atomic E-state index is 0.0000410. The van der Waals surface area contributed by atoms with Gasteiger partial charge < -0.3 is 18.6 Å². The molecule has 6 aliphatic rings. The molecule has 0 atom stereocenters. The van der Waals surface area contributed by atoms with Gasteiger partial charge in [-0.25, -0.2) is 0 Å². The van der Waals surface area contributed by atoms with E-state index >= 15 is 0 Å². The van der Waals surface area contributed by atoms with Crippen molar-refractivity contribution >= 4 is 204 Å². The zero-order valence-corrected chi connectivity index (χ0v) is 68.8. The summed E-state index contributed by atoms with van der Waals surface area (Å²) in [4.78, 5) is 5.76. The normalized spacial score (nSPS) is 19.9. The maximum Gasteiger partial charge on any atom is 0.355 e. The monoisotopic (exact) mass is 1780 g/mol. The third kappa shape index (κ3) is 14.1. The van der Waals surface area contributed by atoms with Crippen LogP contribution in [0.15, 0.2) is 208 Å². The maximum atomic E-state index is 10.2. The highest BCUT2D eigenvalue weighted by Crippen LogP contribution is 2.52. The molecule has 6 nitrogen and oxygen atoms in total. The van der Waals surface area contributed by atoms with Crippen LogP contribution in [-0.4, -0.2) is 6.99 Å². The molecule has 2 aliphatic heterocycles. The Morgan fingerprint density at radius 3 is 1.50 bits per heavy atom. The fourth-order valence-corrected chi connectivity index (χ4v) is 16.1. The molecule has 0 unspecified atom stereocenters. The van der Waals surface area contributed by atoms with Crippen molar-refractivity contribution in [3.63, 3.8) is 0 Å². The van der Waals surface area contributed by atoms with Crippen LogP contribution in [0.5, 0.6) is 0 Å². The van der Waals surface area contributed by atoms with Gasteiger partial charge in [-0.3, -0.25) is 9.80 Å². The van der Waals surface area contributed by atoms with E-state index in [0.29, 0.717) is 95.8 Å². The van der Waals surface area contributed by atoms with Gasteiger partial charge in [0, 0.05) is 83.5 Å². The summed E-state index contributed by atoms with van der Waals surface area (Å²) in [6.45, 7) is 26.1. The van der Waals surface area contributed by atoms with Crippen LogP contribution in [0.4, 0.5) is 68.6 Å². The largest absolute Gasteiger partial charge is 0.440 e. The first-order valence-corrected chi connectivity index (χ1v) is 39.6. The molecule has 10 aromatic carbocycles. The van der Waals surface area contributed by atoms with Crippen molar-refractivity contribution in [2.75, 3.05) is 19.6 Å². The van der Waals surface area contributed by atoms with Crippen LogP contribution < -0.4 is 36.0 Å². The average molecular weight is 1780 g/mol. The van der Waals surface area contributed by atoms with Gasteiger partial charge in [-0.1, -0.05) is 205 Å². The van der Waals surface area contributed by atoms with Crippen LogP contribution in [0.3, 0.4) is 0 Å². The second kappa shape index (κ2) is 26.9. The summed E-state index contributed by atoms with van der Waals surface area (Å²) < 4.78 is 255. The van der Waals surface area contributed by atoms with Gasteiger partial charge in [0.05, 0.1) is 41.3 Å². The summed E-state index contributed by atoms with van der Waals surface area (Å²) >= 11 is 21.2. The van der Waals surface area contributed by atoms with Crippen molar-refractivity contribution in [3.05, 3.63) is 265 Å². The van der Waals surface area contributed by atoms with Gasteiger partial charge >= 0.3 is 0.282 Å². The van der Waals surface area contributed by atoms with Crippen LogP contribution in [-0.2, 0) is 62.2 Å². The summed E-state index contributed by atoms with van der Waals surface area (Å²) in [5, 5.41) is 0.149. The summed E-state index contributed by atoms with van der Waals surface area (Å²) in [5.41, 5.74) is 3.57. The topological polar surface area (TPSA) is 39.2 Å². The minimum atomic E-state index is -1.11. The highest BCUT2D eigenvalue weighted by Gasteiger charge is 2.48. The van der Waals surface area contributed by atoms with Crippen molar-refractivity contribution < 1.29 is 44.5 Å². The van der Waals surface area contributed by atoms with Crippen molar-refractivity contribution in [1.82, 2.24) is 0 Å². The number of hydrogen-bond donors (Lipinski definition) is 0. The molecular formula is C92H91B2Cl2I3N4O2. The van der Waals surface area contributed by atoms with Crippen LogP contribution in [0, 0.1) is 21.7 Å². The fraction of sp³-hybridized carbons (Fsp3) is 0.304. The molecule has 4 heterocycles. The van der Waals surface area contributed by atoms with Gasteiger partial charge in [0.1, 0.15) is 11.2 Å². The molecule has 0 saturated carbocycles. The van der Waals surface area contributed by atoms with Crippen molar-refractivity contribution in [3.8, 4) is 0 Å². The van der Waals surface area contributed by atoms with Crippen LogP contribution in [0.1, 0.15) is 188 Å². The molecule has 532 valence electrons. The Morgan fingerprint density at radius 1 is 0.429 bits per heavy atom. The van der Waals surface area contributed by atoms with Crippen molar-refractivity contribution in [1.29, 1.82) is 0 Å². The molecule has 4 aliphatic carbocycles. The Morgan fingerprint density at radius 2 is 0.895 bits per heavy atom. The molecule has 0 radical (unpaired) electrons. The molecule has 12 aromatic rings. The number of anilines is 12. The minimum Gasteiger partial charge on any atom is -0.440 e. The van der Waals surface area contributed by atoms with Gasteiger partial charge in [-0.2, -0.15) is 0 Å². The van der Waals surface area contributed by atoms with Gasteiger partial charge in [0.15, 0.2) is 0 Å². The molecule has 0 N–H and O–H groups in total. The lowest BCUT2D eigenvalue weighted by molar-refractivity contribution is 0.392. The van der Waals surface area contributed by atoms with E-state index in [1.54, 1.807) is 70.7 Å². The Labute approximate surface area is 709 Å². The molecule has 2 aromatic heterocycles. The Bertz CT molecular complexity index is 6960. The SMILES string of the molecule is IB(I)I.[2H]c1c([2H])c(N2c3cc(Cl)cc4c3B(c3c([2H])c5c(c([2H])c32)CC(C)(C)C5)c2c(oc3c([2H])c([2H])c([2H])c([2H])c23)N4c2c([2H])c([2H])c(C(C)(C)C)c([2H])c2[2H])c([2H])c2c1CC(C)(C)C2.[2H]c1cc(N(c2cc(Cl)cc(N(c3cc4c([2H])c([2H])c([2H])c([2H])c4o3)c3c([2H])c([2H])c(C(C)(C)C)c([2H])c3[2H])c2)c2c([2H])c([2H])c3c(c2[2H])CC(C)(C)C3)c([2H])c2c1CC(C)(C)C2. The fourth-order valence-electron chi connectivity index (χ4n) is 15.7.